The molecule has 0 atom stereocenters. The maximum absolute atomic E-state index is 11.0. The highest BCUT2D eigenvalue weighted by Gasteiger charge is 2.24. The van der Waals surface area contributed by atoms with Gasteiger partial charge in [0.2, 0.25) is 0 Å². The van der Waals surface area contributed by atoms with E-state index < -0.39 is 5.97 Å². The van der Waals surface area contributed by atoms with Gasteiger partial charge in [0.25, 0.3) is 0 Å². The van der Waals surface area contributed by atoms with Crippen molar-refractivity contribution >= 4 is 29.2 Å². The van der Waals surface area contributed by atoms with E-state index >= 15 is 0 Å². The molecule has 1 aliphatic heterocycles. The fourth-order valence-electron chi connectivity index (χ4n) is 2.83. The molecule has 1 N–H and O–H groups in total. The molecule has 0 bridgehead atoms. The molecular weight excluding hydrogens is 337 g/mol. The molecule has 3 rings (SSSR count). The fourth-order valence-corrected chi connectivity index (χ4v) is 3.12. The zero-order valence-corrected chi connectivity index (χ0v) is 14.0. The number of likely N-dealkylation sites (tertiary alicyclic amines) is 1. The van der Waals surface area contributed by atoms with Crippen molar-refractivity contribution in [3.05, 3.63) is 46.1 Å². The van der Waals surface area contributed by atoms with Crippen LogP contribution in [0.4, 0.5) is 0 Å². The first-order valence-electron chi connectivity index (χ1n) is 7.52. The second-order valence-corrected chi connectivity index (χ2v) is 6.60. The molecule has 2 heterocycles. The Balaban J connectivity index is 1.64. The number of aliphatic carboxylic acids is 1. The van der Waals surface area contributed by atoms with Gasteiger partial charge in [-0.25, -0.2) is 0 Å². The summed E-state index contributed by atoms with van der Waals surface area (Å²) in [6, 6.07) is 9.26. The Kier molecular flexibility index (Phi) is 4.95. The van der Waals surface area contributed by atoms with Crippen LogP contribution in [-0.2, 0) is 11.3 Å². The van der Waals surface area contributed by atoms with Gasteiger partial charge in [-0.2, -0.15) is 0 Å². The van der Waals surface area contributed by atoms with E-state index in [-0.39, 0.29) is 5.92 Å². The molecule has 4 nitrogen and oxygen atoms in total. The first-order chi connectivity index (χ1) is 11.0. The Labute approximate surface area is 144 Å². The van der Waals surface area contributed by atoms with Gasteiger partial charge in [-0.3, -0.25) is 9.69 Å². The average molecular weight is 354 g/mol. The number of rotatable bonds is 4. The first kappa shape index (κ1) is 16.4. The van der Waals surface area contributed by atoms with Crippen molar-refractivity contribution in [2.45, 2.75) is 19.4 Å². The number of nitrogens with zero attached hydrogens (tertiary/aromatic N) is 1. The Bertz CT molecular complexity index is 706. The lowest BCUT2D eigenvalue weighted by molar-refractivity contribution is -0.143. The summed E-state index contributed by atoms with van der Waals surface area (Å²) in [6.45, 7) is 2.24. The van der Waals surface area contributed by atoms with Gasteiger partial charge in [-0.05, 0) is 56.3 Å². The summed E-state index contributed by atoms with van der Waals surface area (Å²) in [5.74, 6) is 0.706. The summed E-state index contributed by atoms with van der Waals surface area (Å²) in [5.41, 5.74) is 0.884. The minimum Gasteiger partial charge on any atom is -0.481 e. The molecule has 0 aliphatic carbocycles. The lowest BCUT2D eigenvalue weighted by atomic mass is 9.97. The Morgan fingerprint density at radius 3 is 2.57 bits per heavy atom. The van der Waals surface area contributed by atoms with Crippen LogP contribution in [0.3, 0.4) is 0 Å². The van der Waals surface area contributed by atoms with E-state index in [1.807, 2.05) is 18.2 Å². The fraction of sp³-hybridized carbons (Fsp3) is 0.353. The van der Waals surface area contributed by atoms with Crippen molar-refractivity contribution in [1.29, 1.82) is 0 Å². The van der Waals surface area contributed by atoms with Crippen molar-refractivity contribution in [3.8, 4) is 11.3 Å². The van der Waals surface area contributed by atoms with Crippen LogP contribution in [0.25, 0.3) is 11.3 Å². The van der Waals surface area contributed by atoms with Crippen molar-refractivity contribution in [1.82, 2.24) is 4.90 Å². The SMILES string of the molecule is O=C(O)C1CCN(Cc2ccc(-c3ccc(Cl)c(Cl)c3)o2)CC1. The highest BCUT2D eigenvalue weighted by atomic mass is 35.5. The number of carboxylic acids is 1. The molecule has 0 unspecified atom stereocenters. The van der Waals surface area contributed by atoms with E-state index in [0.29, 0.717) is 29.4 Å². The van der Waals surface area contributed by atoms with Gasteiger partial charge in [0.15, 0.2) is 0 Å². The summed E-state index contributed by atoms with van der Waals surface area (Å²) in [4.78, 5) is 13.2. The molecule has 1 fully saturated rings. The van der Waals surface area contributed by atoms with Crippen LogP contribution in [0.5, 0.6) is 0 Å². The van der Waals surface area contributed by atoms with Gasteiger partial charge < -0.3 is 9.52 Å². The summed E-state index contributed by atoms with van der Waals surface area (Å²) in [5, 5.41) is 10.0. The zero-order valence-electron chi connectivity index (χ0n) is 12.5. The molecule has 122 valence electrons. The lowest BCUT2D eigenvalue weighted by Crippen LogP contribution is -2.35. The van der Waals surface area contributed by atoms with Crippen molar-refractivity contribution in [2.75, 3.05) is 13.1 Å². The second kappa shape index (κ2) is 6.95. The van der Waals surface area contributed by atoms with Crippen LogP contribution in [0, 0.1) is 5.92 Å². The number of hydrogen-bond donors (Lipinski definition) is 1. The highest BCUT2D eigenvalue weighted by Crippen LogP contribution is 2.30. The summed E-state index contributed by atoms with van der Waals surface area (Å²) in [7, 11) is 0. The highest BCUT2D eigenvalue weighted by molar-refractivity contribution is 6.42. The second-order valence-electron chi connectivity index (χ2n) is 5.78. The number of furan rings is 1. The molecule has 1 saturated heterocycles. The quantitative estimate of drug-likeness (QED) is 0.875. The standard InChI is InChI=1S/C17H17Cl2NO3/c18-14-3-1-12(9-15(14)19)16-4-2-13(23-16)10-20-7-5-11(6-8-20)17(21)22/h1-4,9,11H,5-8,10H2,(H,21,22). The Morgan fingerprint density at radius 2 is 1.91 bits per heavy atom. The molecule has 1 aromatic carbocycles. The van der Waals surface area contributed by atoms with Crippen LogP contribution in [0.15, 0.2) is 34.7 Å². The first-order valence-corrected chi connectivity index (χ1v) is 8.28. The number of hydrogen-bond acceptors (Lipinski definition) is 3. The smallest absolute Gasteiger partial charge is 0.306 e. The number of carbonyl (C=O) groups is 1. The molecular formula is C17H17Cl2NO3. The molecule has 0 saturated carbocycles. The maximum Gasteiger partial charge on any atom is 0.306 e. The van der Waals surface area contributed by atoms with E-state index in [2.05, 4.69) is 4.90 Å². The van der Waals surface area contributed by atoms with Crippen LogP contribution < -0.4 is 0 Å². The molecule has 0 radical (unpaired) electrons. The molecule has 1 aliphatic rings. The van der Waals surface area contributed by atoms with Crippen LogP contribution in [0.2, 0.25) is 10.0 Å². The minimum absolute atomic E-state index is 0.213. The van der Waals surface area contributed by atoms with Gasteiger partial charge in [0.05, 0.1) is 22.5 Å². The predicted molar refractivity (Wildman–Crippen MR) is 89.8 cm³/mol. The average Bonchev–Trinajstić information content (AvgIpc) is 2.99. The van der Waals surface area contributed by atoms with Gasteiger partial charge in [-0.1, -0.05) is 23.2 Å². The van der Waals surface area contributed by atoms with Gasteiger partial charge in [0, 0.05) is 5.56 Å². The van der Waals surface area contributed by atoms with Gasteiger partial charge in [0.1, 0.15) is 11.5 Å². The Morgan fingerprint density at radius 1 is 1.17 bits per heavy atom. The summed E-state index contributed by atoms with van der Waals surface area (Å²) < 4.78 is 5.88. The number of halogens is 2. The van der Waals surface area contributed by atoms with Crippen molar-refractivity contribution in [2.24, 2.45) is 5.92 Å². The minimum atomic E-state index is -0.690. The van der Waals surface area contributed by atoms with Crippen molar-refractivity contribution < 1.29 is 14.3 Å². The monoisotopic (exact) mass is 353 g/mol. The van der Waals surface area contributed by atoms with Crippen molar-refractivity contribution in [3.63, 3.8) is 0 Å². The van der Waals surface area contributed by atoms with Crippen LogP contribution >= 0.6 is 23.2 Å². The van der Waals surface area contributed by atoms with Gasteiger partial charge in [-0.15, -0.1) is 0 Å². The van der Waals surface area contributed by atoms with E-state index in [1.165, 1.54) is 0 Å². The molecule has 1 aromatic heterocycles. The number of carboxylic acid groups (broad SMARTS) is 1. The zero-order chi connectivity index (χ0) is 16.4. The topological polar surface area (TPSA) is 53.7 Å². The molecule has 23 heavy (non-hydrogen) atoms. The normalized spacial score (nSPS) is 16.6. The molecule has 0 spiro atoms. The summed E-state index contributed by atoms with van der Waals surface area (Å²) >= 11 is 12.0. The maximum atomic E-state index is 11.0. The Hall–Kier alpha value is -1.49. The van der Waals surface area contributed by atoms with Crippen LogP contribution in [-0.4, -0.2) is 29.1 Å². The molecule has 0 amide bonds. The lowest BCUT2D eigenvalue weighted by Gasteiger charge is -2.29. The third kappa shape index (κ3) is 3.89. The van der Waals surface area contributed by atoms with Gasteiger partial charge >= 0.3 is 5.97 Å². The molecule has 2 aromatic rings. The van der Waals surface area contributed by atoms with Crippen LogP contribution in [0.1, 0.15) is 18.6 Å². The largest absolute Gasteiger partial charge is 0.481 e. The van der Waals surface area contributed by atoms with E-state index in [0.717, 1.165) is 30.2 Å². The third-order valence-corrected chi connectivity index (χ3v) is 4.92. The third-order valence-electron chi connectivity index (χ3n) is 4.18. The number of piperidine rings is 1. The summed E-state index contributed by atoms with van der Waals surface area (Å²) in [6.07, 6.45) is 1.38. The predicted octanol–water partition coefficient (Wildman–Crippen LogP) is 4.55. The molecule has 6 heteroatoms. The van der Waals surface area contributed by atoms with E-state index in [4.69, 9.17) is 32.7 Å². The van der Waals surface area contributed by atoms with E-state index in [1.54, 1.807) is 12.1 Å². The van der Waals surface area contributed by atoms with E-state index in [9.17, 15) is 4.79 Å². The number of benzene rings is 1.